The number of pyridine rings is 1. The number of ether oxygens (including phenoxy) is 1. The maximum atomic E-state index is 12.9. The van der Waals surface area contributed by atoms with E-state index in [1.54, 1.807) is 43.8 Å². The zero-order valence-corrected chi connectivity index (χ0v) is 18.8. The molecule has 2 unspecified atom stereocenters. The van der Waals surface area contributed by atoms with Crippen LogP contribution in [-0.4, -0.2) is 34.9 Å². The Hall–Kier alpha value is -3.26. The van der Waals surface area contributed by atoms with Gasteiger partial charge in [0.2, 0.25) is 5.91 Å². The van der Waals surface area contributed by atoms with Crippen LogP contribution in [0.1, 0.15) is 42.2 Å². The summed E-state index contributed by atoms with van der Waals surface area (Å²) in [4.78, 5) is 34.3. The van der Waals surface area contributed by atoms with E-state index in [1.807, 2.05) is 38.3 Å². The smallest absolute Gasteiger partial charge is 0.251 e. The van der Waals surface area contributed by atoms with Gasteiger partial charge in [-0.2, -0.15) is 0 Å². The van der Waals surface area contributed by atoms with Gasteiger partial charge in [0.15, 0.2) is 0 Å². The molecule has 3 aromatic rings. The van der Waals surface area contributed by atoms with Crippen molar-refractivity contribution in [3.63, 3.8) is 0 Å². The summed E-state index contributed by atoms with van der Waals surface area (Å²) < 4.78 is 5.12. The highest BCUT2D eigenvalue weighted by atomic mass is 32.1. The standard InChI is InChI=1S/C23H26N4O3S/c1-14(2)20(27-21(28)16-7-9-18(30-4)10-8-16)22(29)25-15(3)23-26-19(13-31-23)17-6-5-11-24-12-17/h5-15,20H,1-4H3,(H,25,29)(H,27,28). The van der Waals surface area contributed by atoms with Crippen molar-refractivity contribution in [3.05, 3.63) is 64.7 Å². The van der Waals surface area contributed by atoms with Crippen LogP contribution < -0.4 is 15.4 Å². The van der Waals surface area contributed by atoms with Crippen LogP contribution in [0.2, 0.25) is 0 Å². The molecule has 0 saturated carbocycles. The lowest BCUT2D eigenvalue weighted by Crippen LogP contribution is -2.50. The van der Waals surface area contributed by atoms with E-state index in [0.717, 1.165) is 16.3 Å². The maximum absolute atomic E-state index is 12.9. The Morgan fingerprint density at radius 2 is 1.81 bits per heavy atom. The number of methoxy groups -OCH3 is 1. The van der Waals surface area contributed by atoms with Gasteiger partial charge in [0.1, 0.15) is 16.8 Å². The molecule has 31 heavy (non-hydrogen) atoms. The highest BCUT2D eigenvalue weighted by Gasteiger charge is 2.26. The Labute approximate surface area is 185 Å². The summed E-state index contributed by atoms with van der Waals surface area (Å²) in [6.07, 6.45) is 3.47. The van der Waals surface area contributed by atoms with E-state index in [-0.39, 0.29) is 23.8 Å². The van der Waals surface area contributed by atoms with Crippen LogP contribution in [0.4, 0.5) is 0 Å². The molecular weight excluding hydrogens is 412 g/mol. The number of aromatic nitrogens is 2. The van der Waals surface area contributed by atoms with E-state index in [1.165, 1.54) is 11.3 Å². The van der Waals surface area contributed by atoms with Crippen molar-refractivity contribution >= 4 is 23.2 Å². The van der Waals surface area contributed by atoms with Gasteiger partial charge in [0.25, 0.3) is 5.91 Å². The van der Waals surface area contributed by atoms with Crippen LogP contribution in [0, 0.1) is 5.92 Å². The molecule has 162 valence electrons. The van der Waals surface area contributed by atoms with Crippen LogP contribution in [-0.2, 0) is 4.79 Å². The second kappa shape index (κ2) is 10.2. The minimum atomic E-state index is -0.671. The van der Waals surface area contributed by atoms with Crippen LogP contribution >= 0.6 is 11.3 Å². The fourth-order valence-corrected chi connectivity index (χ4v) is 3.84. The number of rotatable bonds is 8. The van der Waals surface area contributed by atoms with Crippen molar-refractivity contribution < 1.29 is 14.3 Å². The second-order valence-electron chi connectivity index (χ2n) is 7.47. The second-order valence-corrected chi connectivity index (χ2v) is 8.36. The van der Waals surface area contributed by atoms with Gasteiger partial charge in [-0.1, -0.05) is 13.8 Å². The Morgan fingerprint density at radius 1 is 1.06 bits per heavy atom. The lowest BCUT2D eigenvalue weighted by atomic mass is 10.0. The molecule has 7 nitrogen and oxygen atoms in total. The molecule has 1 aromatic carbocycles. The van der Waals surface area contributed by atoms with Crippen molar-refractivity contribution in [2.24, 2.45) is 5.92 Å². The molecule has 0 bridgehead atoms. The van der Waals surface area contributed by atoms with Crippen LogP contribution in [0.25, 0.3) is 11.3 Å². The zero-order chi connectivity index (χ0) is 22.4. The first-order valence-corrected chi connectivity index (χ1v) is 10.9. The van der Waals surface area contributed by atoms with E-state index >= 15 is 0 Å². The number of nitrogens with zero attached hydrogens (tertiary/aromatic N) is 2. The third-order valence-corrected chi connectivity index (χ3v) is 5.82. The van der Waals surface area contributed by atoms with Crippen molar-refractivity contribution in [3.8, 4) is 17.0 Å². The summed E-state index contributed by atoms with van der Waals surface area (Å²) in [6, 6.07) is 9.60. The van der Waals surface area contributed by atoms with E-state index in [0.29, 0.717) is 11.3 Å². The van der Waals surface area contributed by atoms with Crippen LogP contribution in [0.3, 0.4) is 0 Å². The number of nitrogens with one attached hydrogen (secondary N) is 2. The highest BCUT2D eigenvalue weighted by Crippen LogP contribution is 2.25. The Kier molecular flexibility index (Phi) is 7.36. The molecule has 0 saturated heterocycles. The number of benzene rings is 1. The summed E-state index contributed by atoms with van der Waals surface area (Å²) in [6.45, 7) is 5.67. The number of amides is 2. The normalized spacial score (nSPS) is 12.8. The summed E-state index contributed by atoms with van der Waals surface area (Å²) in [7, 11) is 1.57. The molecule has 0 aliphatic carbocycles. The number of hydrogen-bond donors (Lipinski definition) is 2. The predicted octanol–water partition coefficient (Wildman–Crippen LogP) is 3.85. The quantitative estimate of drug-likeness (QED) is 0.557. The van der Waals surface area contributed by atoms with Gasteiger partial charge < -0.3 is 15.4 Å². The number of carbonyl (C=O) groups excluding carboxylic acids is 2. The average Bonchev–Trinajstić information content (AvgIpc) is 3.28. The van der Waals surface area contributed by atoms with Crippen molar-refractivity contribution in [1.82, 2.24) is 20.6 Å². The molecule has 2 atom stereocenters. The fourth-order valence-electron chi connectivity index (χ4n) is 3.00. The summed E-state index contributed by atoms with van der Waals surface area (Å²) >= 11 is 1.48. The first-order valence-electron chi connectivity index (χ1n) is 10.00. The first-order chi connectivity index (χ1) is 14.9. The van der Waals surface area contributed by atoms with Crippen molar-refractivity contribution in [2.45, 2.75) is 32.9 Å². The van der Waals surface area contributed by atoms with Gasteiger partial charge in [0.05, 0.1) is 18.8 Å². The lowest BCUT2D eigenvalue weighted by molar-refractivity contribution is -0.124. The molecule has 2 amide bonds. The minimum Gasteiger partial charge on any atom is -0.497 e. The van der Waals surface area contributed by atoms with Gasteiger partial charge in [-0.3, -0.25) is 14.6 Å². The monoisotopic (exact) mass is 438 g/mol. The minimum absolute atomic E-state index is 0.0864. The van der Waals surface area contributed by atoms with Crippen molar-refractivity contribution in [2.75, 3.05) is 7.11 Å². The van der Waals surface area contributed by atoms with E-state index in [2.05, 4.69) is 20.6 Å². The predicted molar refractivity (Wildman–Crippen MR) is 121 cm³/mol. The first kappa shape index (κ1) is 22.4. The molecule has 8 heteroatoms. The Morgan fingerprint density at radius 3 is 2.42 bits per heavy atom. The molecule has 0 aliphatic rings. The molecule has 2 aromatic heterocycles. The van der Waals surface area contributed by atoms with Crippen molar-refractivity contribution in [1.29, 1.82) is 0 Å². The molecule has 0 radical (unpaired) electrons. The lowest BCUT2D eigenvalue weighted by Gasteiger charge is -2.23. The SMILES string of the molecule is COc1ccc(C(=O)NC(C(=O)NC(C)c2nc(-c3cccnc3)cs2)C(C)C)cc1. The zero-order valence-electron chi connectivity index (χ0n) is 18.0. The third-order valence-electron chi connectivity index (χ3n) is 4.80. The van der Waals surface area contributed by atoms with Crippen LogP contribution in [0.5, 0.6) is 5.75 Å². The fraction of sp³-hybridized carbons (Fsp3) is 0.304. The molecule has 0 fully saturated rings. The Balaban J connectivity index is 1.66. The molecule has 2 N–H and O–H groups in total. The third kappa shape index (κ3) is 5.67. The van der Waals surface area contributed by atoms with Gasteiger partial charge in [0, 0.05) is 28.9 Å². The molecular formula is C23H26N4O3S. The van der Waals surface area contributed by atoms with Gasteiger partial charge in [-0.15, -0.1) is 11.3 Å². The van der Waals surface area contributed by atoms with Gasteiger partial charge in [-0.05, 0) is 49.2 Å². The van der Waals surface area contributed by atoms with E-state index in [4.69, 9.17) is 4.74 Å². The summed E-state index contributed by atoms with van der Waals surface area (Å²) in [5.41, 5.74) is 2.21. The highest BCUT2D eigenvalue weighted by molar-refractivity contribution is 7.10. The largest absolute Gasteiger partial charge is 0.497 e. The number of hydrogen-bond acceptors (Lipinski definition) is 6. The molecule has 3 rings (SSSR count). The number of thiazole rings is 1. The average molecular weight is 439 g/mol. The van der Waals surface area contributed by atoms with Crippen LogP contribution in [0.15, 0.2) is 54.2 Å². The molecule has 2 heterocycles. The van der Waals surface area contributed by atoms with Gasteiger partial charge >= 0.3 is 0 Å². The van der Waals surface area contributed by atoms with E-state index in [9.17, 15) is 9.59 Å². The van der Waals surface area contributed by atoms with E-state index < -0.39 is 6.04 Å². The summed E-state index contributed by atoms with van der Waals surface area (Å²) in [5.74, 6) is 0.0223. The maximum Gasteiger partial charge on any atom is 0.251 e. The topological polar surface area (TPSA) is 93.2 Å². The number of carbonyl (C=O) groups is 2. The summed E-state index contributed by atoms with van der Waals surface area (Å²) in [5, 5.41) is 8.55. The van der Waals surface area contributed by atoms with Gasteiger partial charge in [-0.25, -0.2) is 4.98 Å². The molecule has 0 aliphatic heterocycles. The Bertz CT molecular complexity index is 1020. The molecule has 0 spiro atoms.